The summed E-state index contributed by atoms with van der Waals surface area (Å²) in [7, 11) is 3.41. The third-order valence-electron chi connectivity index (χ3n) is 5.14. The summed E-state index contributed by atoms with van der Waals surface area (Å²) < 4.78 is 20.9. The number of imidazole rings is 1. The molecule has 4 rings (SSSR count). The van der Waals surface area contributed by atoms with Crippen molar-refractivity contribution in [2.24, 2.45) is 7.05 Å². The van der Waals surface area contributed by atoms with Crippen LogP contribution >= 0.6 is 0 Å². The lowest BCUT2D eigenvalue weighted by molar-refractivity contribution is 0.180. The minimum atomic E-state index is -0.320. The number of aryl methyl sites for hydroxylation is 1. The van der Waals surface area contributed by atoms with Crippen LogP contribution in [0.4, 0.5) is 10.2 Å². The summed E-state index contributed by atoms with van der Waals surface area (Å²) in [6.07, 6.45) is 3.36. The van der Waals surface area contributed by atoms with Crippen molar-refractivity contribution in [2.75, 3.05) is 31.6 Å². The number of aromatic nitrogens is 4. The molecule has 1 fully saturated rings. The zero-order valence-electron chi connectivity index (χ0n) is 15.8. The van der Waals surface area contributed by atoms with E-state index < -0.39 is 0 Å². The molecule has 2 aromatic heterocycles. The third-order valence-corrected chi connectivity index (χ3v) is 5.14. The van der Waals surface area contributed by atoms with Crippen LogP contribution in [0.1, 0.15) is 12.5 Å². The second-order valence-corrected chi connectivity index (χ2v) is 6.96. The molecule has 0 spiro atoms. The predicted molar refractivity (Wildman–Crippen MR) is 101 cm³/mol. The Morgan fingerprint density at radius 3 is 2.81 bits per heavy atom. The molecule has 1 unspecified atom stereocenters. The van der Waals surface area contributed by atoms with Crippen LogP contribution in [0, 0.1) is 5.82 Å². The van der Waals surface area contributed by atoms with Gasteiger partial charge in [0, 0.05) is 39.3 Å². The van der Waals surface area contributed by atoms with Gasteiger partial charge in [0.25, 0.3) is 0 Å². The van der Waals surface area contributed by atoms with Crippen LogP contribution < -0.4 is 9.64 Å². The van der Waals surface area contributed by atoms with E-state index >= 15 is 0 Å². The van der Waals surface area contributed by atoms with Crippen molar-refractivity contribution in [3.05, 3.63) is 42.2 Å². The second kappa shape index (κ2) is 7.11. The van der Waals surface area contributed by atoms with Crippen molar-refractivity contribution in [2.45, 2.75) is 19.5 Å². The molecule has 0 radical (unpaired) electrons. The summed E-state index contributed by atoms with van der Waals surface area (Å²) in [6, 6.07) is 5.46. The Bertz CT molecular complexity index is 959. The Hall–Kier alpha value is -2.74. The van der Waals surface area contributed by atoms with Gasteiger partial charge in [0.15, 0.2) is 28.5 Å². The standard InChI is InChI=1S/C19H23FN6O/c1-13-9-26(19-17-18(21-11-22-19)24(2)12-23-17)7-6-25(13)10-14-4-5-16(27-3)15(20)8-14/h4-5,8,11-13H,6-7,9-10H2,1-3H3. The molecule has 1 atom stereocenters. The number of piperazine rings is 1. The number of ether oxygens (including phenoxy) is 1. The molecule has 0 aliphatic carbocycles. The minimum Gasteiger partial charge on any atom is -0.494 e. The van der Waals surface area contributed by atoms with E-state index in [1.54, 1.807) is 24.8 Å². The van der Waals surface area contributed by atoms with E-state index in [0.29, 0.717) is 12.6 Å². The molecule has 0 amide bonds. The Morgan fingerprint density at radius 1 is 1.22 bits per heavy atom. The zero-order chi connectivity index (χ0) is 19.0. The van der Waals surface area contributed by atoms with Crippen molar-refractivity contribution < 1.29 is 9.13 Å². The first-order valence-electron chi connectivity index (χ1n) is 9.00. The summed E-state index contributed by atoms with van der Waals surface area (Å²) in [5.41, 5.74) is 2.62. The van der Waals surface area contributed by atoms with Crippen LogP contribution in [-0.4, -0.2) is 57.2 Å². The average Bonchev–Trinajstić information content (AvgIpc) is 3.05. The topological polar surface area (TPSA) is 59.3 Å². The number of benzene rings is 1. The fourth-order valence-electron chi connectivity index (χ4n) is 3.63. The predicted octanol–water partition coefficient (Wildman–Crippen LogP) is 2.22. The van der Waals surface area contributed by atoms with Gasteiger partial charge in [-0.1, -0.05) is 6.07 Å². The summed E-state index contributed by atoms with van der Waals surface area (Å²) in [5, 5.41) is 0. The van der Waals surface area contributed by atoms with Crippen molar-refractivity contribution in [3.8, 4) is 5.75 Å². The van der Waals surface area contributed by atoms with Crippen molar-refractivity contribution in [1.82, 2.24) is 24.4 Å². The zero-order valence-corrected chi connectivity index (χ0v) is 15.8. The molecule has 142 valence electrons. The molecule has 3 aromatic rings. The Balaban J connectivity index is 1.48. The normalized spacial score (nSPS) is 18.2. The number of methoxy groups -OCH3 is 1. The van der Waals surface area contributed by atoms with Gasteiger partial charge >= 0.3 is 0 Å². The lowest BCUT2D eigenvalue weighted by Gasteiger charge is -2.40. The van der Waals surface area contributed by atoms with E-state index in [0.717, 1.165) is 42.2 Å². The van der Waals surface area contributed by atoms with Gasteiger partial charge in [0.2, 0.25) is 0 Å². The molecule has 0 saturated carbocycles. The third kappa shape index (κ3) is 3.32. The van der Waals surface area contributed by atoms with E-state index in [1.165, 1.54) is 7.11 Å². The minimum absolute atomic E-state index is 0.278. The van der Waals surface area contributed by atoms with Crippen LogP contribution in [0.2, 0.25) is 0 Å². The second-order valence-electron chi connectivity index (χ2n) is 6.96. The highest BCUT2D eigenvalue weighted by atomic mass is 19.1. The molecular weight excluding hydrogens is 347 g/mol. The fraction of sp³-hybridized carbons (Fsp3) is 0.421. The van der Waals surface area contributed by atoms with E-state index in [1.807, 2.05) is 17.7 Å². The van der Waals surface area contributed by atoms with Gasteiger partial charge in [-0.15, -0.1) is 0 Å². The van der Waals surface area contributed by atoms with Gasteiger partial charge in [-0.05, 0) is 24.6 Å². The maximum Gasteiger partial charge on any atom is 0.165 e. The van der Waals surface area contributed by atoms with Crippen LogP contribution in [0.3, 0.4) is 0 Å². The molecule has 1 aliphatic rings. The molecule has 0 bridgehead atoms. The molecule has 7 nitrogen and oxygen atoms in total. The van der Waals surface area contributed by atoms with Crippen molar-refractivity contribution in [3.63, 3.8) is 0 Å². The first-order chi connectivity index (χ1) is 13.1. The number of hydrogen-bond donors (Lipinski definition) is 0. The number of fused-ring (bicyclic) bond motifs is 1. The number of nitrogens with zero attached hydrogens (tertiary/aromatic N) is 6. The summed E-state index contributed by atoms with van der Waals surface area (Å²) in [4.78, 5) is 17.9. The van der Waals surface area contributed by atoms with Crippen molar-refractivity contribution in [1.29, 1.82) is 0 Å². The Kier molecular flexibility index (Phi) is 4.65. The SMILES string of the molecule is COc1ccc(CN2CCN(c3ncnc4c3ncn4C)CC2C)cc1F. The van der Waals surface area contributed by atoms with Crippen LogP contribution in [0.15, 0.2) is 30.9 Å². The number of anilines is 1. The summed E-state index contributed by atoms with van der Waals surface area (Å²) in [5.74, 6) is 0.835. The molecule has 8 heteroatoms. The van der Waals surface area contributed by atoms with Gasteiger partial charge in [0.1, 0.15) is 6.33 Å². The smallest absolute Gasteiger partial charge is 0.165 e. The molecule has 1 aromatic carbocycles. The van der Waals surface area contributed by atoms with E-state index in [-0.39, 0.29) is 11.6 Å². The number of rotatable bonds is 4. The van der Waals surface area contributed by atoms with Gasteiger partial charge < -0.3 is 14.2 Å². The first-order valence-corrected chi connectivity index (χ1v) is 9.00. The average molecular weight is 370 g/mol. The summed E-state index contributed by atoms with van der Waals surface area (Å²) in [6.45, 7) is 5.43. The van der Waals surface area contributed by atoms with Crippen molar-refractivity contribution >= 4 is 17.0 Å². The van der Waals surface area contributed by atoms with Gasteiger partial charge in [0.05, 0.1) is 13.4 Å². The molecular formula is C19H23FN6O. The molecule has 3 heterocycles. The van der Waals surface area contributed by atoms with Crippen LogP contribution in [0.25, 0.3) is 11.2 Å². The quantitative estimate of drug-likeness (QED) is 0.702. The summed E-state index contributed by atoms with van der Waals surface area (Å²) >= 11 is 0. The molecule has 0 N–H and O–H groups in total. The van der Waals surface area contributed by atoms with E-state index in [9.17, 15) is 4.39 Å². The molecule has 1 aliphatic heterocycles. The molecule has 1 saturated heterocycles. The van der Waals surface area contributed by atoms with Gasteiger partial charge in [-0.2, -0.15) is 0 Å². The highest BCUT2D eigenvalue weighted by Crippen LogP contribution is 2.25. The van der Waals surface area contributed by atoms with Crippen LogP contribution in [0.5, 0.6) is 5.75 Å². The highest BCUT2D eigenvalue weighted by molar-refractivity contribution is 5.83. The first kappa shape index (κ1) is 17.7. The lowest BCUT2D eigenvalue weighted by atomic mass is 10.1. The largest absolute Gasteiger partial charge is 0.494 e. The fourth-order valence-corrected chi connectivity index (χ4v) is 3.63. The molecule has 27 heavy (non-hydrogen) atoms. The van der Waals surface area contributed by atoms with Gasteiger partial charge in [-0.25, -0.2) is 19.3 Å². The number of halogens is 1. The highest BCUT2D eigenvalue weighted by Gasteiger charge is 2.26. The Morgan fingerprint density at radius 2 is 2.07 bits per heavy atom. The maximum absolute atomic E-state index is 14.0. The monoisotopic (exact) mass is 370 g/mol. The van der Waals surface area contributed by atoms with E-state index in [2.05, 4.69) is 31.7 Å². The number of hydrogen-bond acceptors (Lipinski definition) is 6. The lowest BCUT2D eigenvalue weighted by Crippen LogP contribution is -2.51. The van der Waals surface area contributed by atoms with Crippen LogP contribution in [-0.2, 0) is 13.6 Å². The maximum atomic E-state index is 14.0. The van der Waals surface area contributed by atoms with Gasteiger partial charge in [-0.3, -0.25) is 4.90 Å². The Labute approximate surface area is 157 Å². The van der Waals surface area contributed by atoms with E-state index in [4.69, 9.17) is 4.74 Å².